The lowest BCUT2D eigenvalue weighted by molar-refractivity contribution is -0.424. The first-order chi connectivity index (χ1) is 12.0. The molecule has 0 N–H and O–H groups in total. The maximum atomic E-state index is 10.2. The van der Waals surface area contributed by atoms with Gasteiger partial charge in [-0.2, -0.15) is 17.3 Å². The van der Waals surface area contributed by atoms with E-state index >= 15 is 0 Å². The first-order valence-corrected chi connectivity index (χ1v) is 8.48. The van der Waals surface area contributed by atoms with Crippen molar-refractivity contribution in [2.45, 2.75) is 25.5 Å². The lowest BCUT2D eigenvalue weighted by atomic mass is 10.4. The molecule has 0 saturated heterocycles. The van der Waals surface area contributed by atoms with Crippen LogP contribution in [0.4, 0.5) is 11.5 Å². The molecule has 2 aromatic heterocycles. The number of rotatable bonds is 3. The summed E-state index contributed by atoms with van der Waals surface area (Å²) in [6, 6.07) is 0. The van der Waals surface area contributed by atoms with E-state index in [1.807, 2.05) is 0 Å². The largest absolute Gasteiger partial charge is 0.467 e. The van der Waals surface area contributed by atoms with Gasteiger partial charge in [0.1, 0.15) is 6.20 Å². The molecule has 0 radical (unpaired) electrons. The van der Waals surface area contributed by atoms with E-state index in [1.165, 1.54) is 19.7 Å². The monoisotopic (exact) mass is 444 g/mol. The van der Waals surface area contributed by atoms with Crippen molar-refractivity contribution in [1.82, 2.24) is 19.7 Å². The quantitative estimate of drug-likeness (QED) is 0.244. The van der Waals surface area contributed by atoms with Gasteiger partial charge in [-0.1, -0.05) is 37.0 Å². The Labute approximate surface area is 169 Å². The maximum Gasteiger partial charge on any atom is 0.467 e. The van der Waals surface area contributed by atoms with E-state index in [1.54, 1.807) is 0 Å². The van der Waals surface area contributed by atoms with Crippen LogP contribution in [0.15, 0.2) is 12.4 Å². The molecule has 1 atom stereocenters. The number of aromatic nitrogens is 4. The van der Waals surface area contributed by atoms with Crippen LogP contribution in [0.3, 0.4) is 0 Å². The van der Waals surface area contributed by atoms with Crippen LogP contribution in [0.5, 0.6) is 0 Å². The second kappa shape index (κ2) is 11.8. The molecule has 14 heteroatoms. The summed E-state index contributed by atoms with van der Waals surface area (Å²) in [6.07, 6.45) is 3.50. The molecule has 0 aliphatic rings. The zero-order chi connectivity index (χ0) is 20.4. The van der Waals surface area contributed by atoms with Gasteiger partial charge < -0.3 is 10.1 Å². The van der Waals surface area contributed by atoms with Gasteiger partial charge in [-0.25, -0.2) is 9.97 Å². The molecule has 2 heterocycles. The molecule has 2 rings (SSSR count). The standard InChI is InChI=1S/C4HCl3N2.C4H4N4O4.C4H10S/c5-2-1-8-4(7)9-3(2)6;1-6-2-3(7(9)10)4(5-6)8(11)12;1-3-4(2)5/h1H;2H,1H3;4-5H,3H2,1-2H3. The van der Waals surface area contributed by atoms with E-state index in [0.29, 0.717) is 10.3 Å². The third-order valence-electron chi connectivity index (χ3n) is 2.42. The highest BCUT2D eigenvalue weighted by Crippen LogP contribution is 2.23. The van der Waals surface area contributed by atoms with Crippen LogP contribution in [0.2, 0.25) is 15.5 Å². The molecule has 144 valence electrons. The average Bonchev–Trinajstić information content (AvgIpc) is 2.95. The number of hydrogen-bond donors (Lipinski definition) is 1. The van der Waals surface area contributed by atoms with E-state index in [4.69, 9.17) is 34.8 Å². The zero-order valence-electron chi connectivity index (χ0n) is 13.8. The number of thiol groups is 1. The van der Waals surface area contributed by atoms with Crippen LogP contribution < -0.4 is 0 Å². The molecule has 10 nitrogen and oxygen atoms in total. The van der Waals surface area contributed by atoms with Crippen molar-refractivity contribution in [2.24, 2.45) is 7.05 Å². The Morgan fingerprint density at radius 3 is 2.12 bits per heavy atom. The minimum atomic E-state index is -0.891. The minimum Gasteiger partial charge on any atom is -0.358 e. The number of hydrogen-bond acceptors (Lipinski definition) is 8. The summed E-state index contributed by atoms with van der Waals surface area (Å²) in [7, 11) is 1.38. The van der Waals surface area contributed by atoms with Crippen molar-refractivity contribution < 1.29 is 9.85 Å². The van der Waals surface area contributed by atoms with Gasteiger partial charge in [0.2, 0.25) is 5.28 Å². The lowest BCUT2D eigenvalue weighted by Gasteiger charge is -1.90. The minimum absolute atomic E-state index is 0.101. The molecule has 0 aliphatic heterocycles. The zero-order valence-corrected chi connectivity index (χ0v) is 17.0. The van der Waals surface area contributed by atoms with Crippen molar-refractivity contribution in [2.75, 3.05) is 0 Å². The summed E-state index contributed by atoms with van der Waals surface area (Å²) in [5, 5.41) is 24.8. The number of nitro groups is 2. The highest BCUT2D eigenvalue weighted by Gasteiger charge is 2.29. The Bertz CT molecular complexity index is 727. The van der Waals surface area contributed by atoms with Crippen molar-refractivity contribution in [3.05, 3.63) is 48.1 Å². The van der Waals surface area contributed by atoms with Gasteiger partial charge in [0.15, 0.2) is 5.15 Å². The molecule has 0 spiro atoms. The molecule has 0 saturated carbocycles. The molecule has 0 aromatic carbocycles. The Kier molecular flexibility index (Phi) is 11.1. The van der Waals surface area contributed by atoms with Crippen molar-refractivity contribution in [1.29, 1.82) is 0 Å². The predicted molar refractivity (Wildman–Crippen MR) is 102 cm³/mol. The predicted octanol–water partition coefficient (Wildman–Crippen LogP) is 4.39. The maximum absolute atomic E-state index is 10.2. The molecule has 0 fully saturated rings. The van der Waals surface area contributed by atoms with E-state index < -0.39 is 21.4 Å². The second-order valence-corrected chi connectivity index (χ2v) is 6.55. The van der Waals surface area contributed by atoms with Gasteiger partial charge >= 0.3 is 11.5 Å². The molecule has 2 aromatic rings. The van der Waals surface area contributed by atoms with E-state index in [0.717, 1.165) is 10.9 Å². The van der Waals surface area contributed by atoms with Crippen LogP contribution in [0, 0.1) is 20.2 Å². The second-order valence-electron chi connectivity index (χ2n) is 4.56. The van der Waals surface area contributed by atoms with Gasteiger partial charge in [0.25, 0.3) is 0 Å². The summed E-state index contributed by atoms with van der Waals surface area (Å²) >= 11 is 20.4. The van der Waals surface area contributed by atoms with Gasteiger partial charge in [-0.15, -0.1) is 0 Å². The Morgan fingerprint density at radius 2 is 1.81 bits per heavy atom. The first-order valence-electron chi connectivity index (χ1n) is 6.83. The molecular weight excluding hydrogens is 431 g/mol. The third kappa shape index (κ3) is 9.13. The Hall–Kier alpha value is -1.69. The lowest BCUT2D eigenvalue weighted by Crippen LogP contribution is -1.94. The molecule has 26 heavy (non-hydrogen) atoms. The summed E-state index contributed by atoms with van der Waals surface area (Å²) in [6.45, 7) is 4.21. The van der Waals surface area contributed by atoms with Gasteiger partial charge in [-0.3, -0.25) is 10.1 Å². The summed E-state index contributed by atoms with van der Waals surface area (Å²) in [5.74, 6) is -0.734. The van der Waals surface area contributed by atoms with Gasteiger partial charge in [0, 0.05) is 0 Å². The van der Waals surface area contributed by atoms with Gasteiger partial charge in [0.05, 0.1) is 28.3 Å². The summed E-state index contributed by atoms with van der Waals surface area (Å²) in [4.78, 5) is 25.8. The summed E-state index contributed by atoms with van der Waals surface area (Å²) in [5.41, 5.74) is -0.595. The molecular formula is C12H15Cl3N6O4S. The first kappa shape index (κ1) is 24.3. The van der Waals surface area contributed by atoms with E-state index in [9.17, 15) is 20.2 Å². The van der Waals surface area contributed by atoms with Crippen LogP contribution in [0.1, 0.15) is 20.3 Å². The number of halogens is 3. The Balaban J connectivity index is 0.000000394. The topological polar surface area (TPSA) is 130 Å². The van der Waals surface area contributed by atoms with E-state index in [2.05, 4.69) is 41.5 Å². The third-order valence-corrected chi connectivity index (χ3v) is 3.63. The fourth-order valence-corrected chi connectivity index (χ4v) is 1.45. The number of nitrogens with zero attached hydrogens (tertiary/aromatic N) is 6. The Morgan fingerprint density at radius 1 is 1.27 bits per heavy atom. The van der Waals surface area contributed by atoms with Crippen LogP contribution in [0.25, 0.3) is 0 Å². The molecule has 0 amide bonds. The van der Waals surface area contributed by atoms with Crippen LogP contribution in [-0.4, -0.2) is 34.8 Å². The highest BCUT2D eigenvalue weighted by molar-refractivity contribution is 7.80. The average molecular weight is 446 g/mol. The van der Waals surface area contributed by atoms with Crippen LogP contribution >= 0.6 is 47.4 Å². The molecule has 0 bridgehead atoms. The molecule has 0 aliphatic carbocycles. The van der Waals surface area contributed by atoms with E-state index in [-0.39, 0.29) is 10.4 Å². The van der Waals surface area contributed by atoms with Crippen molar-refractivity contribution in [3.63, 3.8) is 0 Å². The SMILES string of the molecule is CCC(C)S.Clc1ncc(Cl)c(Cl)n1.Cn1cc([N+](=O)[O-])c([N+](=O)[O-])n1. The van der Waals surface area contributed by atoms with Crippen LogP contribution in [-0.2, 0) is 7.05 Å². The normalized spacial score (nSPS) is 10.7. The number of aryl methyl sites for hydroxylation is 1. The fourth-order valence-electron chi connectivity index (χ4n) is 1.05. The van der Waals surface area contributed by atoms with Crippen molar-refractivity contribution >= 4 is 58.9 Å². The molecule has 1 unspecified atom stereocenters. The summed E-state index contributed by atoms with van der Waals surface area (Å²) < 4.78 is 1.02. The highest BCUT2D eigenvalue weighted by atomic mass is 35.5. The smallest absolute Gasteiger partial charge is 0.358 e. The fraction of sp³-hybridized carbons (Fsp3) is 0.417. The van der Waals surface area contributed by atoms with Gasteiger partial charge in [-0.05, 0) is 28.2 Å². The van der Waals surface area contributed by atoms with Crippen molar-refractivity contribution in [3.8, 4) is 0 Å².